The number of carbonyl (C=O) groups excluding carboxylic acids is 2. The number of methoxy groups -OCH3 is 1. The molecule has 1 amide bonds. The minimum atomic E-state index is -0.940. The Morgan fingerprint density at radius 1 is 1.04 bits per heavy atom. The summed E-state index contributed by atoms with van der Waals surface area (Å²) in [6.45, 7) is 1.53. The van der Waals surface area contributed by atoms with Crippen molar-refractivity contribution in [2.45, 2.75) is 19.4 Å². The minimum Gasteiger partial charge on any atom is -0.497 e. The molecule has 1 atom stereocenters. The lowest BCUT2D eigenvalue weighted by Crippen LogP contribution is -2.37. The van der Waals surface area contributed by atoms with Gasteiger partial charge in [-0.25, -0.2) is 9.18 Å². The molecule has 0 aliphatic rings. The molecule has 0 saturated heterocycles. The summed E-state index contributed by atoms with van der Waals surface area (Å²) < 4.78 is 28.2. The molecule has 0 aliphatic carbocycles. The van der Waals surface area contributed by atoms with Gasteiger partial charge in [0.1, 0.15) is 17.3 Å². The number of carbonyl (C=O) groups is 2. The SMILES string of the molecule is COc1ccc(OCC(=O)OC(C)C(=O)NCCc2ccc(F)cc2)cc1. The summed E-state index contributed by atoms with van der Waals surface area (Å²) in [7, 11) is 1.55. The van der Waals surface area contributed by atoms with Gasteiger partial charge >= 0.3 is 5.97 Å². The van der Waals surface area contributed by atoms with Crippen LogP contribution in [0.5, 0.6) is 11.5 Å². The van der Waals surface area contributed by atoms with E-state index in [1.807, 2.05) is 0 Å². The molecule has 144 valence electrons. The third kappa shape index (κ3) is 6.97. The van der Waals surface area contributed by atoms with Gasteiger partial charge in [0.25, 0.3) is 5.91 Å². The van der Waals surface area contributed by atoms with Gasteiger partial charge in [-0.2, -0.15) is 0 Å². The fourth-order valence-electron chi connectivity index (χ4n) is 2.22. The molecular formula is C20H22FNO5. The van der Waals surface area contributed by atoms with Crippen molar-refractivity contribution in [2.24, 2.45) is 0 Å². The van der Waals surface area contributed by atoms with Crippen LogP contribution in [0.1, 0.15) is 12.5 Å². The van der Waals surface area contributed by atoms with Crippen LogP contribution in [0.2, 0.25) is 0 Å². The van der Waals surface area contributed by atoms with Crippen LogP contribution in [-0.4, -0.2) is 38.2 Å². The normalized spacial score (nSPS) is 11.4. The summed E-state index contributed by atoms with van der Waals surface area (Å²) in [4.78, 5) is 23.8. The standard InChI is InChI=1S/C20H22FNO5/c1-14(20(24)22-12-11-15-3-5-16(21)6-4-15)27-19(23)13-26-18-9-7-17(25-2)8-10-18/h3-10,14H,11-13H2,1-2H3,(H,22,24). The minimum absolute atomic E-state index is 0.305. The van der Waals surface area contributed by atoms with Gasteiger partial charge in [0.2, 0.25) is 0 Å². The zero-order valence-corrected chi connectivity index (χ0v) is 15.2. The molecule has 0 spiro atoms. The smallest absolute Gasteiger partial charge is 0.344 e. The first-order valence-corrected chi connectivity index (χ1v) is 8.46. The fourth-order valence-corrected chi connectivity index (χ4v) is 2.22. The second-order valence-corrected chi connectivity index (χ2v) is 5.76. The van der Waals surface area contributed by atoms with E-state index >= 15 is 0 Å². The van der Waals surface area contributed by atoms with Crippen LogP contribution in [-0.2, 0) is 20.7 Å². The second-order valence-electron chi connectivity index (χ2n) is 5.76. The first-order chi connectivity index (χ1) is 13.0. The highest BCUT2D eigenvalue weighted by atomic mass is 19.1. The van der Waals surface area contributed by atoms with Crippen LogP contribution in [0.3, 0.4) is 0 Å². The highest BCUT2D eigenvalue weighted by molar-refractivity contribution is 5.83. The van der Waals surface area contributed by atoms with E-state index in [2.05, 4.69) is 5.32 Å². The Bertz CT molecular complexity index is 746. The Hall–Kier alpha value is -3.09. The van der Waals surface area contributed by atoms with Crippen molar-refractivity contribution in [1.29, 1.82) is 0 Å². The van der Waals surface area contributed by atoms with Gasteiger partial charge in [-0.1, -0.05) is 12.1 Å². The van der Waals surface area contributed by atoms with Gasteiger partial charge in [-0.15, -0.1) is 0 Å². The molecule has 0 radical (unpaired) electrons. The third-order valence-corrected chi connectivity index (χ3v) is 3.72. The quantitative estimate of drug-likeness (QED) is 0.682. The van der Waals surface area contributed by atoms with E-state index in [-0.39, 0.29) is 12.4 Å². The zero-order valence-electron chi connectivity index (χ0n) is 15.2. The van der Waals surface area contributed by atoms with Crippen LogP contribution in [0, 0.1) is 5.82 Å². The molecule has 0 heterocycles. The van der Waals surface area contributed by atoms with E-state index in [0.717, 1.165) is 5.56 Å². The van der Waals surface area contributed by atoms with Crippen LogP contribution >= 0.6 is 0 Å². The van der Waals surface area contributed by atoms with Crippen molar-refractivity contribution in [2.75, 3.05) is 20.3 Å². The Labute approximate surface area is 157 Å². The lowest BCUT2D eigenvalue weighted by molar-refractivity contribution is -0.156. The Morgan fingerprint density at radius 2 is 1.67 bits per heavy atom. The highest BCUT2D eigenvalue weighted by Crippen LogP contribution is 2.16. The lowest BCUT2D eigenvalue weighted by atomic mass is 10.1. The molecule has 7 heteroatoms. The summed E-state index contributed by atoms with van der Waals surface area (Å²) in [5.41, 5.74) is 0.897. The predicted molar refractivity (Wildman–Crippen MR) is 97.2 cm³/mol. The van der Waals surface area contributed by atoms with E-state index in [9.17, 15) is 14.0 Å². The van der Waals surface area contributed by atoms with Gasteiger partial charge < -0.3 is 19.5 Å². The predicted octanol–water partition coefficient (Wildman–Crippen LogP) is 2.50. The number of nitrogens with one attached hydrogen (secondary N) is 1. The molecule has 1 N–H and O–H groups in total. The topological polar surface area (TPSA) is 73.9 Å². The van der Waals surface area contributed by atoms with Crippen molar-refractivity contribution in [3.8, 4) is 11.5 Å². The fraction of sp³-hybridized carbons (Fsp3) is 0.300. The van der Waals surface area contributed by atoms with Crippen molar-refractivity contribution in [3.05, 3.63) is 59.9 Å². The van der Waals surface area contributed by atoms with Crippen LogP contribution < -0.4 is 14.8 Å². The average molecular weight is 375 g/mol. The summed E-state index contributed by atoms with van der Waals surface area (Å²) in [6.07, 6.45) is -0.391. The van der Waals surface area contributed by atoms with Gasteiger partial charge in [-0.3, -0.25) is 4.79 Å². The zero-order chi connectivity index (χ0) is 19.6. The maximum absolute atomic E-state index is 12.8. The maximum Gasteiger partial charge on any atom is 0.344 e. The maximum atomic E-state index is 12.8. The van der Waals surface area contributed by atoms with Gasteiger partial charge in [0.15, 0.2) is 12.7 Å². The first kappa shape index (κ1) is 20.2. The molecule has 2 rings (SSSR count). The average Bonchev–Trinajstić information content (AvgIpc) is 2.68. The lowest BCUT2D eigenvalue weighted by Gasteiger charge is -2.14. The summed E-state index contributed by atoms with van der Waals surface area (Å²) >= 11 is 0. The molecule has 0 aliphatic heterocycles. The number of amides is 1. The summed E-state index contributed by atoms with van der Waals surface area (Å²) in [6, 6.07) is 12.8. The van der Waals surface area contributed by atoms with E-state index in [1.54, 1.807) is 43.5 Å². The van der Waals surface area contributed by atoms with Crippen LogP contribution in [0.4, 0.5) is 4.39 Å². The van der Waals surface area contributed by atoms with Gasteiger partial charge in [-0.05, 0) is 55.3 Å². The van der Waals surface area contributed by atoms with E-state index in [4.69, 9.17) is 14.2 Å². The molecule has 27 heavy (non-hydrogen) atoms. The molecule has 6 nitrogen and oxygen atoms in total. The number of hydrogen-bond acceptors (Lipinski definition) is 5. The Balaban J connectivity index is 1.67. The third-order valence-electron chi connectivity index (χ3n) is 3.72. The molecule has 0 fully saturated rings. The number of rotatable bonds is 9. The number of hydrogen-bond donors (Lipinski definition) is 1. The summed E-state index contributed by atoms with van der Waals surface area (Å²) in [5, 5.41) is 2.67. The second kappa shape index (κ2) is 10.2. The molecule has 2 aromatic rings. The molecule has 1 unspecified atom stereocenters. The van der Waals surface area contributed by atoms with Crippen LogP contribution in [0.25, 0.3) is 0 Å². The van der Waals surface area contributed by atoms with Crippen molar-refractivity contribution in [1.82, 2.24) is 5.32 Å². The highest BCUT2D eigenvalue weighted by Gasteiger charge is 2.17. The summed E-state index contributed by atoms with van der Waals surface area (Å²) in [5.74, 6) is -0.192. The van der Waals surface area contributed by atoms with E-state index in [1.165, 1.54) is 19.1 Å². The number of halogens is 1. The van der Waals surface area contributed by atoms with E-state index in [0.29, 0.717) is 24.5 Å². The monoisotopic (exact) mass is 375 g/mol. The van der Waals surface area contributed by atoms with Crippen molar-refractivity contribution in [3.63, 3.8) is 0 Å². The van der Waals surface area contributed by atoms with Gasteiger partial charge in [0.05, 0.1) is 7.11 Å². The first-order valence-electron chi connectivity index (χ1n) is 8.46. The van der Waals surface area contributed by atoms with E-state index < -0.39 is 18.0 Å². The number of ether oxygens (including phenoxy) is 3. The Kier molecular flexibility index (Phi) is 7.61. The number of benzene rings is 2. The molecule has 0 saturated carbocycles. The van der Waals surface area contributed by atoms with Crippen LogP contribution in [0.15, 0.2) is 48.5 Å². The molecule has 2 aromatic carbocycles. The largest absolute Gasteiger partial charge is 0.497 e. The molecule has 0 bridgehead atoms. The Morgan fingerprint density at radius 3 is 2.30 bits per heavy atom. The molecule has 0 aromatic heterocycles. The number of esters is 1. The molecular weight excluding hydrogens is 353 g/mol. The van der Waals surface area contributed by atoms with Crippen molar-refractivity contribution < 1.29 is 28.2 Å². The van der Waals surface area contributed by atoms with Gasteiger partial charge in [0, 0.05) is 6.54 Å². The van der Waals surface area contributed by atoms with Crippen molar-refractivity contribution >= 4 is 11.9 Å².